The molecule has 0 bridgehead atoms. The highest BCUT2D eigenvalue weighted by molar-refractivity contribution is 5.94. The maximum atomic E-state index is 13.2. The molecule has 0 N–H and O–H groups in total. The minimum Gasteiger partial charge on any atom is -0.337 e. The first-order valence-electron chi connectivity index (χ1n) is 11.4. The van der Waals surface area contributed by atoms with Crippen molar-refractivity contribution < 1.29 is 4.79 Å². The van der Waals surface area contributed by atoms with Gasteiger partial charge in [-0.1, -0.05) is 13.8 Å². The first-order chi connectivity index (χ1) is 13.6. The minimum atomic E-state index is 0.162. The Morgan fingerprint density at radius 3 is 2.46 bits per heavy atom. The smallest absolute Gasteiger partial charge is 0.274 e. The molecule has 3 rings (SSSR count). The van der Waals surface area contributed by atoms with Crippen LogP contribution in [0.3, 0.4) is 0 Å². The summed E-state index contributed by atoms with van der Waals surface area (Å²) in [5, 5.41) is 4.78. The van der Waals surface area contributed by atoms with Crippen molar-refractivity contribution >= 4 is 5.91 Å². The van der Waals surface area contributed by atoms with Gasteiger partial charge >= 0.3 is 0 Å². The number of hydrogen-bond acceptors (Lipinski definition) is 4. The van der Waals surface area contributed by atoms with Crippen LogP contribution in [0.15, 0.2) is 0 Å². The quantitative estimate of drug-likeness (QED) is 0.686. The molecule has 6 nitrogen and oxygen atoms in total. The van der Waals surface area contributed by atoms with E-state index in [4.69, 9.17) is 5.10 Å². The average Bonchev–Trinajstić information content (AvgIpc) is 3.12. The number of carbonyl (C=O) groups is 1. The Hall–Kier alpha value is -1.40. The second-order valence-corrected chi connectivity index (χ2v) is 8.35. The zero-order valence-electron chi connectivity index (χ0n) is 18.4. The van der Waals surface area contributed by atoms with Crippen molar-refractivity contribution in [2.75, 3.05) is 46.3 Å². The zero-order valence-corrected chi connectivity index (χ0v) is 18.4. The van der Waals surface area contributed by atoms with Crippen LogP contribution in [0.25, 0.3) is 0 Å². The number of aryl methyl sites for hydroxylation is 1. The van der Waals surface area contributed by atoms with Gasteiger partial charge in [-0.25, -0.2) is 0 Å². The molecule has 1 amide bonds. The first-order valence-corrected chi connectivity index (χ1v) is 11.4. The van der Waals surface area contributed by atoms with Crippen molar-refractivity contribution in [3.8, 4) is 0 Å². The van der Waals surface area contributed by atoms with Crippen molar-refractivity contribution in [2.45, 2.75) is 71.9 Å². The molecule has 1 fully saturated rings. The summed E-state index contributed by atoms with van der Waals surface area (Å²) in [6.45, 7) is 13.6. The standard InChI is InChI=1S/C22H39N5O/c1-5-25(6-2)16-15-24(4)18-11-12-20-19(17-18)21(23-27(20)7-3)22(28)26-13-9-8-10-14-26/h18H,5-17H2,1-4H3. The molecule has 1 saturated heterocycles. The van der Waals surface area contributed by atoms with Gasteiger partial charge in [0, 0.05) is 50.0 Å². The lowest BCUT2D eigenvalue weighted by atomic mass is 9.90. The highest BCUT2D eigenvalue weighted by atomic mass is 16.2. The highest BCUT2D eigenvalue weighted by Crippen LogP contribution is 2.28. The van der Waals surface area contributed by atoms with Crippen LogP contribution >= 0.6 is 0 Å². The van der Waals surface area contributed by atoms with Gasteiger partial charge in [0.1, 0.15) is 0 Å². The van der Waals surface area contributed by atoms with Crippen LogP contribution in [0.2, 0.25) is 0 Å². The number of nitrogens with zero attached hydrogens (tertiary/aromatic N) is 5. The molecular weight excluding hydrogens is 350 g/mol. The van der Waals surface area contributed by atoms with E-state index in [-0.39, 0.29) is 5.91 Å². The zero-order chi connectivity index (χ0) is 20.1. The summed E-state index contributed by atoms with van der Waals surface area (Å²) in [5.74, 6) is 0.162. The summed E-state index contributed by atoms with van der Waals surface area (Å²) in [5.41, 5.74) is 3.26. The lowest BCUT2D eigenvalue weighted by molar-refractivity contribution is 0.0715. The number of rotatable bonds is 8. The van der Waals surface area contributed by atoms with E-state index in [1.54, 1.807) is 0 Å². The summed E-state index contributed by atoms with van der Waals surface area (Å²) < 4.78 is 2.08. The second kappa shape index (κ2) is 9.88. The lowest BCUT2D eigenvalue weighted by Gasteiger charge is -2.33. The molecule has 1 aromatic heterocycles. The number of likely N-dealkylation sites (N-methyl/N-ethyl adjacent to an activating group) is 2. The van der Waals surface area contributed by atoms with E-state index in [0.29, 0.717) is 6.04 Å². The van der Waals surface area contributed by atoms with E-state index in [9.17, 15) is 4.79 Å². The van der Waals surface area contributed by atoms with Crippen LogP contribution in [-0.2, 0) is 19.4 Å². The fraction of sp³-hybridized carbons (Fsp3) is 0.818. The third-order valence-electron chi connectivity index (χ3n) is 6.75. The molecule has 0 radical (unpaired) electrons. The van der Waals surface area contributed by atoms with Crippen molar-refractivity contribution in [2.24, 2.45) is 0 Å². The molecule has 2 heterocycles. The summed E-state index contributed by atoms with van der Waals surface area (Å²) in [6, 6.07) is 0.505. The number of likely N-dealkylation sites (tertiary alicyclic amines) is 1. The third kappa shape index (κ3) is 4.60. The monoisotopic (exact) mass is 389 g/mol. The van der Waals surface area contributed by atoms with Crippen molar-refractivity contribution in [3.05, 3.63) is 17.0 Å². The van der Waals surface area contributed by atoms with Crippen LogP contribution in [0, 0.1) is 0 Å². The van der Waals surface area contributed by atoms with Gasteiger partial charge in [-0.3, -0.25) is 9.48 Å². The number of hydrogen-bond donors (Lipinski definition) is 0. The number of aromatic nitrogens is 2. The maximum Gasteiger partial charge on any atom is 0.274 e. The number of carbonyl (C=O) groups excluding carboxylic acids is 1. The Bertz CT molecular complexity index is 646. The molecule has 0 spiro atoms. The fourth-order valence-corrected chi connectivity index (χ4v) is 4.75. The van der Waals surface area contributed by atoms with Crippen molar-refractivity contribution in [1.82, 2.24) is 24.5 Å². The Balaban J connectivity index is 1.73. The number of piperidine rings is 1. The van der Waals surface area contributed by atoms with Crippen molar-refractivity contribution in [3.63, 3.8) is 0 Å². The van der Waals surface area contributed by atoms with Gasteiger partial charge in [-0.2, -0.15) is 5.10 Å². The van der Waals surface area contributed by atoms with Gasteiger partial charge in [-0.15, -0.1) is 0 Å². The first kappa shape index (κ1) is 21.3. The molecule has 1 atom stereocenters. The summed E-state index contributed by atoms with van der Waals surface area (Å²) >= 11 is 0. The number of amides is 1. The molecule has 0 aromatic carbocycles. The van der Waals surface area contributed by atoms with Gasteiger partial charge in [-0.05, 0) is 65.6 Å². The Kier molecular flexibility index (Phi) is 7.52. The van der Waals surface area contributed by atoms with E-state index in [2.05, 4.69) is 42.3 Å². The van der Waals surface area contributed by atoms with Crippen LogP contribution in [0.5, 0.6) is 0 Å². The number of fused-ring (bicyclic) bond motifs is 1. The van der Waals surface area contributed by atoms with E-state index >= 15 is 0 Å². The van der Waals surface area contributed by atoms with Crippen LogP contribution in [-0.4, -0.2) is 82.7 Å². The van der Waals surface area contributed by atoms with Gasteiger partial charge in [0.25, 0.3) is 5.91 Å². The van der Waals surface area contributed by atoms with E-state index < -0.39 is 0 Å². The Morgan fingerprint density at radius 1 is 1.11 bits per heavy atom. The van der Waals surface area contributed by atoms with Crippen LogP contribution < -0.4 is 0 Å². The van der Waals surface area contributed by atoms with Crippen molar-refractivity contribution in [1.29, 1.82) is 0 Å². The lowest BCUT2D eigenvalue weighted by Crippen LogP contribution is -2.42. The third-order valence-corrected chi connectivity index (χ3v) is 6.75. The maximum absolute atomic E-state index is 13.2. The molecule has 158 valence electrons. The van der Waals surface area contributed by atoms with Gasteiger partial charge < -0.3 is 14.7 Å². The van der Waals surface area contributed by atoms with Gasteiger partial charge in [0.2, 0.25) is 0 Å². The summed E-state index contributed by atoms with van der Waals surface area (Å²) in [7, 11) is 2.25. The predicted octanol–water partition coefficient (Wildman–Crippen LogP) is 2.66. The fourth-order valence-electron chi connectivity index (χ4n) is 4.75. The Labute approximate surface area is 170 Å². The molecule has 1 aromatic rings. The topological polar surface area (TPSA) is 44.6 Å². The van der Waals surface area contributed by atoms with Crippen LogP contribution in [0.4, 0.5) is 0 Å². The molecule has 0 saturated carbocycles. The largest absolute Gasteiger partial charge is 0.337 e. The average molecular weight is 390 g/mol. The Morgan fingerprint density at radius 2 is 1.82 bits per heavy atom. The predicted molar refractivity (Wildman–Crippen MR) is 114 cm³/mol. The summed E-state index contributed by atoms with van der Waals surface area (Å²) in [6.07, 6.45) is 6.64. The summed E-state index contributed by atoms with van der Waals surface area (Å²) in [4.78, 5) is 20.2. The SMILES string of the molecule is CCN(CC)CCN(C)C1CCc2c(c(C(=O)N3CCCCC3)nn2CC)C1. The van der Waals surface area contributed by atoms with E-state index in [1.165, 1.54) is 17.7 Å². The van der Waals surface area contributed by atoms with E-state index in [1.807, 2.05) is 4.90 Å². The second-order valence-electron chi connectivity index (χ2n) is 8.35. The van der Waals surface area contributed by atoms with Gasteiger partial charge in [0.15, 0.2) is 5.69 Å². The minimum absolute atomic E-state index is 0.162. The van der Waals surface area contributed by atoms with E-state index in [0.717, 1.165) is 83.6 Å². The molecule has 6 heteroatoms. The highest BCUT2D eigenvalue weighted by Gasteiger charge is 2.32. The van der Waals surface area contributed by atoms with Gasteiger partial charge in [0.05, 0.1) is 0 Å². The molecule has 1 aliphatic carbocycles. The molecule has 28 heavy (non-hydrogen) atoms. The molecule has 1 aliphatic heterocycles. The normalized spacial score (nSPS) is 20.1. The molecule has 2 aliphatic rings. The molecule has 1 unspecified atom stereocenters. The van der Waals surface area contributed by atoms with Crippen LogP contribution in [0.1, 0.15) is 68.2 Å². The molecular formula is C22H39N5O.